The van der Waals surface area contributed by atoms with Crippen molar-refractivity contribution in [3.63, 3.8) is 0 Å². The Hall–Kier alpha value is -0.610. The summed E-state index contributed by atoms with van der Waals surface area (Å²) in [6.07, 6.45) is 4.84. The van der Waals surface area contributed by atoms with Crippen molar-refractivity contribution in [2.24, 2.45) is 5.92 Å². The van der Waals surface area contributed by atoms with E-state index in [0.29, 0.717) is 0 Å². The minimum absolute atomic E-state index is 0.167. The molecule has 1 aliphatic rings. The smallest absolute Gasteiger partial charge is 0.163 e. The fraction of sp³-hybridized carbons (Fsp3) is 0.357. The predicted molar refractivity (Wildman–Crippen MR) is 81.6 cm³/mol. The van der Waals surface area contributed by atoms with Gasteiger partial charge < -0.3 is 5.32 Å². The Morgan fingerprint density at radius 2 is 2.17 bits per heavy atom. The Labute approximate surface area is 124 Å². The lowest BCUT2D eigenvalue weighted by atomic mass is 9.86. The van der Waals surface area contributed by atoms with Gasteiger partial charge >= 0.3 is 0 Å². The predicted octanol–water partition coefficient (Wildman–Crippen LogP) is 4.90. The van der Waals surface area contributed by atoms with Crippen LogP contribution in [-0.2, 0) is 4.79 Å². The first-order valence-electron chi connectivity index (χ1n) is 6.03. The second-order valence-corrected chi connectivity index (χ2v) is 6.37. The summed E-state index contributed by atoms with van der Waals surface area (Å²) in [6, 6.07) is 5.92. The quantitative estimate of drug-likeness (QED) is 0.748. The lowest BCUT2D eigenvalue weighted by Crippen LogP contribution is -2.19. The molecule has 1 saturated carbocycles. The number of allylic oxidation sites excluding steroid dienone is 1. The zero-order valence-corrected chi connectivity index (χ0v) is 13.3. The average Bonchev–Trinajstić information content (AvgIpc) is 2.33. The molecule has 0 aromatic heterocycles. The molecule has 0 amide bonds. The van der Waals surface area contributed by atoms with E-state index in [2.05, 4.69) is 37.2 Å². The number of carbonyl (C=O) groups excluding carboxylic acids is 1. The number of halogens is 2. The average molecular weight is 373 g/mol. The lowest BCUT2D eigenvalue weighted by Gasteiger charge is -2.19. The molecular weight excluding hydrogens is 358 g/mol. The maximum absolute atomic E-state index is 12.0. The van der Waals surface area contributed by atoms with Gasteiger partial charge in [0.25, 0.3) is 0 Å². The molecule has 1 N–H and O–H groups in total. The molecule has 0 spiro atoms. The molecule has 2 rings (SSSR count). The molecule has 0 saturated heterocycles. The van der Waals surface area contributed by atoms with E-state index in [1.165, 1.54) is 0 Å². The number of hydrogen-bond acceptors (Lipinski definition) is 2. The highest BCUT2D eigenvalue weighted by Gasteiger charge is 2.22. The molecule has 0 bridgehead atoms. The van der Waals surface area contributed by atoms with Gasteiger partial charge in [-0.25, -0.2) is 0 Å². The van der Waals surface area contributed by atoms with Gasteiger partial charge in [0, 0.05) is 26.6 Å². The van der Waals surface area contributed by atoms with Crippen LogP contribution < -0.4 is 5.32 Å². The van der Waals surface area contributed by atoms with Gasteiger partial charge in [0.15, 0.2) is 5.78 Å². The van der Waals surface area contributed by atoms with E-state index in [-0.39, 0.29) is 11.7 Å². The Bertz CT molecular complexity index is 497. The third-order valence-electron chi connectivity index (χ3n) is 3.18. The van der Waals surface area contributed by atoms with E-state index in [0.717, 1.165) is 39.5 Å². The van der Waals surface area contributed by atoms with E-state index in [9.17, 15) is 4.79 Å². The van der Waals surface area contributed by atoms with Crippen LogP contribution in [0.25, 0.3) is 0 Å². The van der Waals surface area contributed by atoms with E-state index in [1.54, 1.807) is 0 Å². The highest BCUT2D eigenvalue weighted by Crippen LogP contribution is 2.28. The molecule has 0 unspecified atom stereocenters. The van der Waals surface area contributed by atoms with Crippen LogP contribution in [0.4, 0.5) is 5.69 Å². The van der Waals surface area contributed by atoms with Crippen molar-refractivity contribution in [3.05, 3.63) is 38.9 Å². The molecule has 2 nitrogen and oxygen atoms in total. The van der Waals surface area contributed by atoms with E-state index in [1.807, 2.05) is 31.3 Å². The van der Waals surface area contributed by atoms with Crippen LogP contribution in [0.15, 0.2) is 38.9 Å². The molecular formula is C14H15Br2NO. The van der Waals surface area contributed by atoms with Crippen LogP contribution in [-0.4, -0.2) is 5.78 Å². The molecule has 1 aliphatic carbocycles. The molecule has 1 aromatic rings. The second kappa shape index (κ2) is 6.02. The van der Waals surface area contributed by atoms with Crippen molar-refractivity contribution in [1.82, 2.24) is 0 Å². The van der Waals surface area contributed by atoms with Crippen LogP contribution in [0, 0.1) is 5.92 Å². The van der Waals surface area contributed by atoms with Gasteiger partial charge in [0.05, 0.1) is 5.69 Å². The Kier molecular flexibility index (Phi) is 4.62. The summed E-state index contributed by atoms with van der Waals surface area (Å²) in [5.41, 5.74) is 1.88. The zero-order chi connectivity index (χ0) is 13.1. The fourth-order valence-electron chi connectivity index (χ4n) is 2.08. The number of ketones is 1. The minimum atomic E-state index is 0.167. The van der Waals surface area contributed by atoms with Gasteiger partial charge in [-0.05, 0) is 53.4 Å². The van der Waals surface area contributed by atoms with Crippen molar-refractivity contribution >= 4 is 43.3 Å². The molecule has 96 valence electrons. The molecule has 1 fully saturated rings. The number of rotatable bonds is 2. The van der Waals surface area contributed by atoms with Gasteiger partial charge in [-0.3, -0.25) is 4.79 Å². The molecule has 1 aromatic carbocycles. The van der Waals surface area contributed by atoms with Crippen LogP contribution in [0.1, 0.15) is 26.2 Å². The number of hydrogen-bond donors (Lipinski definition) is 1. The first-order chi connectivity index (χ1) is 8.58. The second-order valence-electron chi connectivity index (χ2n) is 4.60. The fourth-order valence-corrected chi connectivity index (χ4v) is 3.25. The lowest BCUT2D eigenvalue weighted by molar-refractivity contribution is -0.119. The number of benzene rings is 1. The molecule has 0 heterocycles. The minimum Gasteiger partial charge on any atom is -0.360 e. The topological polar surface area (TPSA) is 29.1 Å². The monoisotopic (exact) mass is 371 g/mol. The van der Waals surface area contributed by atoms with Crippen LogP contribution in [0.5, 0.6) is 0 Å². The Balaban J connectivity index is 2.12. The highest BCUT2D eigenvalue weighted by molar-refractivity contribution is 9.11. The number of carbonyl (C=O) groups is 1. The Morgan fingerprint density at radius 3 is 2.89 bits per heavy atom. The van der Waals surface area contributed by atoms with Gasteiger partial charge in [0.1, 0.15) is 0 Å². The van der Waals surface area contributed by atoms with Gasteiger partial charge in [-0.2, -0.15) is 0 Å². The summed E-state index contributed by atoms with van der Waals surface area (Å²) in [5.74, 6) is 0.446. The first kappa shape index (κ1) is 13.8. The molecule has 18 heavy (non-hydrogen) atoms. The third-order valence-corrected chi connectivity index (χ3v) is 4.33. The zero-order valence-electron chi connectivity index (χ0n) is 10.2. The molecule has 0 aliphatic heterocycles. The summed E-state index contributed by atoms with van der Waals surface area (Å²) in [4.78, 5) is 12.0. The first-order valence-corrected chi connectivity index (χ1v) is 7.61. The maximum atomic E-state index is 12.0. The maximum Gasteiger partial charge on any atom is 0.163 e. The number of nitrogens with one attached hydrogen (secondary N) is 1. The SMILES string of the molecule is C[C@H]1CCC/C(=C/Nc2ccc(Br)cc2Br)C1=O. The van der Waals surface area contributed by atoms with Gasteiger partial charge in [-0.15, -0.1) is 0 Å². The summed E-state index contributed by atoms with van der Waals surface area (Å²) in [5, 5.41) is 3.21. The van der Waals surface area contributed by atoms with Crippen molar-refractivity contribution in [1.29, 1.82) is 0 Å². The summed E-state index contributed by atoms with van der Waals surface area (Å²) < 4.78 is 2.00. The van der Waals surface area contributed by atoms with Crippen LogP contribution >= 0.6 is 31.9 Å². The largest absolute Gasteiger partial charge is 0.360 e. The van der Waals surface area contributed by atoms with Crippen molar-refractivity contribution in [2.75, 3.05) is 5.32 Å². The van der Waals surface area contributed by atoms with Crippen LogP contribution in [0.2, 0.25) is 0 Å². The molecule has 0 radical (unpaired) electrons. The summed E-state index contributed by atoms with van der Waals surface area (Å²) >= 11 is 6.91. The third kappa shape index (κ3) is 3.23. The molecule has 4 heteroatoms. The van der Waals surface area contributed by atoms with Crippen molar-refractivity contribution < 1.29 is 4.79 Å². The van der Waals surface area contributed by atoms with Gasteiger partial charge in [0.2, 0.25) is 0 Å². The van der Waals surface area contributed by atoms with Crippen LogP contribution in [0.3, 0.4) is 0 Å². The van der Waals surface area contributed by atoms with Gasteiger partial charge in [-0.1, -0.05) is 22.9 Å². The van der Waals surface area contributed by atoms with E-state index in [4.69, 9.17) is 0 Å². The highest BCUT2D eigenvalue weighted by atomic mass is 79.9. The van der Waals surface area contributed by atoms with E-state index < -0.39 is 0 Å². The number of anilines is 1. The Morgan fingerprint density at radius 1 is 1.39 bits per heavy atom. The van der Waals surface area contributed by atoms with Crippen molar-refractivity contribution in [2.45, 2.75) is 26.2 Å². The standard InChI is InChI=1S/C14H15Br2NO/c1-9-3-2-4-10(14(9)18)8-17-13-6-5-11(15)7-12(13)16/h5-9,17H,2-4H2,1H3/b10-8-/t9-/m0/s1. The van der Waals surface area contributed by atoms with E-state index >= 15 is 0 Å². The number of Topliss-reactive ketones (excluding diaryl/α,β-unsaturated/α-hetero) is 1. The normalized spacial score (nSPS) is 22.3. The summed E-state index contributed by atoms with van der Waals surface area (Å²) in [7, 11) is 0. The summed E-state index contributed by atoms with van der Waals surface area (Å²) in [6.45, 7) is 2.00. The van der Waals surface area contributed by atoms with Crippen molar-refractivity contribution in [3.8, 4) is 0 Å². The molecule has 1 atom stereocenters.